The molecular formula is C23H23ClN2O. The number of halogens is 1. The van der Waals surface area contributed by atoms with E-state index in [1.165, 1.54) is 16.3 Å². The molecule has 0 saturated heterocycles. The highest BCUT2D eigenvalue weighted by atomic mass is 35.5. The number of fused-ring (bicyclic) bond motifs is 1. The van der Waals surface area contributed by atoms with Crippen LogP contribution in [-0.4, -0.2) is 10.9 Å². The molecule has 1 heterocycles. The average Bonchev–Trinajstić information content (AvgIpc) is 2.70. The van der Waals surface area contributed by atoms with Gasteiger partial charge in [0, 0.05) is 34.9 Å². The molecule has 1 saturated carbocycles. The molecule has 1 aromatic heterocycles. The Morgan fingerprint density at radius 3 is 2.59 bits per heavy atom. The second kappa shape index (κ2) is 8.10. The van der Waals surface area contributed by atoms with Crippen LogP contribution in [0.25, 0.3) is 10.8 Å². The number of aromatic nitrogens is 1. The SMILES string of the molecule is O=C(C[C@H]1CC[C@H](c2cccc3cnccc32)CC1)Nc1ccc(Cl)cc1. The van der Waals surface area contributed by atoms with Crippen molar-refractivity contribution in [3.63, 3.8) is 0 Å². The summed E-state index contributed by atoms with van der Waals surface area (Å²) in [5, 5.41) is 6.18. The minimum atomic E-state index is 0.0945. The monoisotopic (exact) mass is 378 g/mol. The van der Waals surface area contributed by atoms with Gasteiger partial charge in [0.1, 0.15) is 0 Å². The van der Waals surface area contributed by atoms with E-state index >= 15 is 0 Å². The summed E-state index contributed by atoms with van der Waals surface area (Å²) in [5.74, 6) is 1.13. The van der Waals surface area contributed by atoms with E-state index in [0.717, 1.165) is 31.4 Å². The van der Waals surface area contributed by atoms with Crippen molar-refractivity contribution in [2.45, 2.75) is 38.0 Å². The Morgan fingerprint density at radius 1 is 1.04 bits per heavy atom. The molecule has 0 unspecified atom stereocenters. The molecule has 4 heteroatoms. The molecule has 0 aliphatic heterocycles. The Balaban J connectivity index is 1.34. The first kappa shape index (κ1) is 18.0. The van der Waals surface area contributed by atoms with Crippen LogP contribution in [0.15, 0.2) is 60.9 Å². The lowest BCUT2D eigenvalue weighted by Gasteiger charge is -2.29. The number of carbonyl (C=O) groups is 1. The molecule has 4 rings (SSSR count). The van der Waals surface area contributed by atoms with Gasteiger partial charge in [0.15, 0.2) is 0 Å². The summed E-state index contributed by atoms with van der Waals surface area (Å²) >= 11 is 5.89. The van der Waals surface area contributed by atoms with Crippen LogP contribution in [0.4, 0.5) is 5.69 Å². The molecule has 3 nitrogen and oxygen atoms in total. The predicted molar refractivity (Wildman–Crippen MR) is 111 cm³/mol. The number of anilines is 1. The zero-order valence-corrected chi connectivity index (χ0v) is 16.0. The van der Waals surface area contributed by atoms with Crippen molar-refractivity contribution in [2.75, 3.05) is 5.32 Å². The number of amides is 1. The molecular weight excluding hydrogens is 356 g/mol. The van der Waals surface area contributed by atoms with E-state index in [1.54, 1.807) is 12.1 Å². The van der Waals surface area contributed by atoms with Crippen molar-refractivity contribution in [1.82, 2.24) is 4.98 Å². The first-order chi connectivity index (χ1) is 13.2. The summed E-state index contributed by atoms with van der Waals surface area (Å²) in [7, 11) is 0. The lowest BCUT2D eigenvalue weighted by atomic mass is 9.76. The van der Waals surface area contributed by atoms with Gasteiger partial charge in [-0.1, -0.05) is 29.8 Å². The Bertz CT molecular complexity index is 925. The van der Waals surface area contributed by atoms with Gasteiger partial charge in [0.25, 0.3) is 0 Å². The van der Waals surface area contributed by atoms with Gasteiger partial charge in [-0.25, -0.2) is 0 Å². The maximum absolute atomic E-state index is 12.3. The lowest BCUT2D eigenvalue weighted by molar-refractivity contribution is -0.117. The van der Waals surface area contributed by atoms with E-state index in [1.807, 2.05) is 24.5 Å². The Hall–Kier alpha value is -2.39. The summed E-state index contributed by atoms with van der Waals surface area (Å²) in [4.78, 5) is 16.6. The van der Waals surface area contributed by atoms with E-state index < -0.39 is 0 Å². The molecule has 1 N–H and O–H groups in total. The van der Waals surface area contributed by atoms with Gasteiger partial charge >= 0.3 is 0 Å². The van der Waals surface area contributed by atoms with E-state index in [9.17, 15) is 4.79 Å². The first-order valence-electron chi connectivity index (χ1n) is 9.57. The van der Waals surface area contributed by atoms with Crippen LogP contribution in [0.3, 0.4) is 0 Å². The van der Waals surface area contributed by atoms with E-state index in [4.69, 9.17) is 11.6 Å². The molecule has 1 amide bonds. The number of rotatable bonds is 4. The van der Waals surface area contributed by atoms with Crippen LogP contribution in [0.2, 0.25) is 5.02 Å². The molecule has 0 bridgehead atoms. The maximum atomic E-state index is 12.3. The van der Waals surface area contributed by atoms with Crippen molar-refractivity contribution in [1.29, 1.82) is 0 Å². The summed E-state index contributed by atoms with van der Waals surface area (Å²) in [6, 6.07) is 15.9. The second-order valence-electron chi connectivity index (χ2n) is 7.42. The highest BCUT2D eigenvalue weighted by molar-refractivity contribution is 6.30. The zero-order valence-electron chi connectivity index (χ0n) is 15.2. The average molecular weight is 379 g/mol. The van der Waals surface area contributed by atoms with Gasteiger partial charge in [-0.05, 0) is 78.8 Å². The summed E-state index contributed by atoms with van der Waals surface area (Å²) in [6.45, 7) is 0. The number of hydrogen-bond donors (Lipinski definition) is 1. The van der Waals surface area contributed by atoms with E-state index in [2.05, 4.69) is 34.6 Å². The standard InChI is InChI=1S/C23H23ClN2O/c24-19-8-10-20(11-9-19)26-23(27)14-16-4-6-17(7-5-16)21-3-1-2-18-15-25-13-12-22(18)21/h1-3,8-13,15-17H,4-7,14H2,(H,26,27)/t16-,17-. The van der Waals surface area contributed by atoms with E-state index in [-0.39, 0.29) is 5.91 Å². The number of nitrogens with zero attached hydrogens (tertiary/aromatic N) is 1. The van der Waals surface area contributed by atoms with Crippen LogP contribution in [0.1, 0.15) is 43.6 Å². The highest BCUT2D eigenvalue weighted by Crippen LogP contribution is 2.39. The van der Waals surface area contributed by atoms with Crippen LogP contribution in [-0.2, 0) is 4.79 Å². The van der Waals surface area contributed by atoms with Crippen LogP contribution in [0, 0.1) is 5.92 Å². The van der Waals surface area contributed by atoms with Crippen molar-refractivity contribution in [2.24, 2.45) is 5.92 Å². The number of nitrogens with one attached hydrogen (secondary N) is 1. The molecule has 138 valence electrons. The molecule has 3 aromatic rings. The van der Waals surface area contributed by atoms with Crippen LogP contribution >= 0.6 is 11.6 Å². The third-order valence-electron chi connectivity index (χ3n) is 5.60. The van der Waals surface area contributed by atoms with Gasteiger partial charge in [0.05, 0.1) is 0 Å². The van der Waals surface area contributed by atoms with Gasteiger partial charge in [-0.15, -0.1) is 0 Å². The molecule has 2 aromatic carbocycles. The Labute approximate surface area is 164 Å². The highest BCUT2D eigenvalue weighted by Gasteiger charge is 2.25. The molecule has 1 aliphatic carbocycles. The topological polar surface area (TPSA) is 42.0 Å². The molecule has 1 fully saturated rings. The fraction of sp³-hybridized carbons (Fsp3) is 0.304. The smallest absolute Gasteiger partial charge is 0.224 e. The molecule has 27 heavy (non-hydrogen) atoms. The van der Waals surface area contributed by atoms with Gasteiger partial charge in [-0.3, -0.25) is 9.78 Å². The zero-order chi connectivity index (χ0) is 18.6. The number of pyridine rings is 1. The number of hydrogen-bond acceptors (Lipinski definition) is 2. The fourth-order valence-corrected chi connectivity index (χ4v) is 4.31. The fourth-order valence-electron chi connectivity index (χ4n) is 4.19. The van der Waals surface area contributed by atoms with Crippen molar-refractivity contribution in [3.8, 4) is 0 Å². The Kier molecular flexibility index (Phi) is 5.40. The lowest BCUT2D eigenvalue weighted by Crippen LogP contribution is -2.20. The van der Waals surface area contributed by atoms with Crippen LogP contribution in [0.5, 0.6) is 0 Å². The summed E-state index contributed by atoms with van der Waals surface area (Å²) in [5.41, 5.74) is 2.24. The third-order valence-corrected chi connectivity index (χ3v) is 5.86. The summed E-state index contributed by atoms with van der Waals surface area (Å²) in [6.07, 6.45) is 8.87. The minimum Gasteiger partial charge on any atom is -0.326 e. The maximum Gasteiger partial charge on any atom is 0.224 e. The Morgan fingerprint density at radius 2 is 1.81 bits per heavy atom. The van der Waals surface area contributed by atoms with Gasteiger partial charge in [0.2, 0.25) is 5.91 Å². The van der Waals surface area contributed by atoms with Crippen LogP contribution < -0.4 is 5.32 Å². The molecule has 0 atom stereocenters. The van der Waals surface area contributed by atoms with Crippen molar-refractivity contribution >= 4 is 34.0 Å². The van der Waals surface area contributed by atoms with Crippen molar-refractivity contribution in [3.05, 3.63) is 71.5 Å². The molecule has 0 spiro atoms. The van der Waals surface area contributed by atoms with Gasteiger partial charge < -0.3 is 5.32 Å². The number of benzene rings is 2. The quantitative estimate of drug-likeness (QED) is 0.588. The molecule has 0 radical (unpaired) electrons. The minimum absolute atomic E-state index is 0.0945. The largest absolute Gasteiger partial charge is 0.326 e. The van der Waals surface area contributed by atoms with Gasteiger partial charge in [-0.2, -0.15) is 0 Å². The summed E-state index contributed by atoms with van der Waals surface area (Å²) < 4.78 is 0. The number of carbonyl (C=O) groups excluding carboxylic acids is 1. The first-order valence-corrected chi connectivity index (χ1v) is 9.95. The molecule has 1 aliphatic rings. The third kappa shape index (κ3) is 4.30. The van der Waals surface area contributed by atoms with Crippen molar-refractivity contribution < 1.29 is 4.79 Å². The normalized spacial score (nSPS) is 19.7. The second-order valence-corrected chi connectivity index (χ2v) is 7.86. The van der Waals surface area contributed by atoms with E-state index in [0.29, 0.717) is 23.3 Å². The predicted octanol–water partition coefficient (Wildman–Crippen LogP) is 6.19.